The third-order valence-electron chi connectivity index (χ3n) is 5.98. The van der Waals surface area contributed by atoms with Crippen LogP contribution in [-0.2, 0) is 7.05 Å². The molecule has 2 aromatic rings. The van der Waals surface area contributed by atoms with E-state index < -0.39 is 0 Å². The van der Waals surface area contributed by atoms with Crippen LogP contribution in [0, 0.1) is 12.3 Å². The number of carbonyl (C=O) groups excluding carboxylic acids is 1. The van der Waals surface area contributed by atoms with Gasteiger partial charge in [-0.25, -0.2) is 0 Å². The van der Waals surface area contributed by atoms with Crippen molar-refractivity contribution in [3.63, 3.8) is 0 Å². The summed E-state index contributed by atoms with van der Waals surface area (Å²) in [5.41, 5.74) is 3.26. The maximum Gasteiger partial charge on any atom is 0.275 e. The Bertz CT molecular complexity index is 763. The number of fused-ring (bicyclic) bond motifs is 1. The molecule has 128 valence electrons. The second-order valence-corrected chi connectivity index (χ2v) is 7.54. The molecule has 4 rings (SSSR count). The summed E-state index contributed by atoms with van der Waals surface area (Å²) >= 11 is 0. The molecule has 24 heavy (non-hydrogen) atoms. The van der Waals surface area contributed by atoms with Gasteiger partial charge in [-0.2, -0.15) is 5.10 Å². The van der Waals surface area contributed by atoms with Crippen molar-refractivity contribution in [2.45, 2.75) is 32.6 Å². The first-order chi connectivity index (χ1) is 11.6. The van der Waals surface area contributed by atoms with Crippen LogP contribution in [0.1, 0.15) is 41.7 Å². The van der Waals surface area contributed by atoms with E-state index in [9.17, 15) is 4.79 Å². The maximum atomic E-state index is 13.0. The molecule has 0 bridgehead atoms. The zero-order chi connectivity index (χ0) is 16.7. The van der Waals surface area contributed by atoms with E-state index in [-0.39, 0.29) is 5.91 Å². The fourth-order valence-corrected chi connectivity index (χ4v) is 4.33. The molecule has 0 radical (unpaired) electrons. The van der Waals surface area contributed by atoms with Gasteiger partial charge < -0.3 is 10.2 Å². The summed E-state index contributed by atoms with van der Waals surface area (Å²) in [4.78, 5) is 15.1. The van der Waals surface area contributed by atoms with Crippen molar-refractivity contribution in [1.29, 1.82) is 0 Å². The molecule has 2 aliphatic rings. The molecular formula is C19H26N4O. The van der Waals surface area contributed by atoms with Gasteiger partial charge in [0, 0.05) is 25.5 Å². The molecule has 1 aromatic heterocycles. The lowest BCUT2D eigenvalue weighted by Gasteiger charge is -2.44. The fraction of sp³-hybridized carbons (Fsp3) is 0.579. The van der Waals surface area contributed by atoms with Crippen LogP contribution >= 0.6 is 0 Å². The van der Waals surface area contributed by atoms with Gasteiger partial charge >= 0.3 is 0 Å². The molecule has 3 heterocycles. The van der Waals surface area contributed by atoms with Gasteiger partial charge in [-0.15, -0.1) is 0 Å². The van der Waals surface area contributed by atoms with E-state index >= 15 is 0 Å². The second kappa shape index (κ2) is 5.88. The van der Waals surface area contributed by atoms with Gasteiger partial charge in [-0.1, -0.05) is 11.6 Å². The first-order valence-electron chi connectivity index (χ1n) is 9.01. The van der Waals surface area contributed by atoms with Crippen LogP contribution in [0.2, 0.25) is 0 Å². The van der Waals surface area contributed by atoms with Gasteiger partial charge in [0.25, 0.3) is 5.91 Å². The summed E-state index contributed by atoms with van der Waals surface area (Å²) in [5, 5.41) is 8.95. The topological polar surface area (TPSA) is 50.2 Å². The molecule has 1 aromatic carbocycles. The molecule has 2 aliphatic heterocycles. The molecule has 1 amide bonds. The van der Waals surface area contributed by atoms with Crippen molar-refractivity contribution in [3.8, 4) is 0 Å². The number of nitrogens with one attached hydrogen (secondary N) is 1. The SMILES string of the molecule is Cc1ccc2c(c1)c(C(=O)N1CCC3(CCNCC3)CC1)nn2C. The number of benzene rings is 1. The van der Waals surface area contributed by atoms with Crippen LogP contribution in [0.4, 0.5) is 0 Å². The molecular weight excluding hydrogens is 300 g/mol. The Balaban J connectivity index is 1.56. The third-order valence-corrected chi connectivity index (χ3v) is 5.98. The highest BCUT2D eigenvalue weighted by molar-refractivity contribution is 6.05. The van der Waals surface area contributed by atoms with Crippen LogP contribution < -0.4 is 5.32 Å². The van der Waals surface area contributed by atoms with Crippen molar-refractivity contribution in [2.75, 3.05) is 26.2 Å². The predicted molar refractivity (Wildman–Crippen MR) is 95.1 cm³/mol. The quantitative estimate of drug-likeness (QED) is 0.876. The van der Waals surface area contributed by atoms with E-state index in [1.807, 2.05) is 16.6 Å². The lowest BCUT2D eigenvalue weighted by molar-refractivity contribution is 0.0492. The number of amides is 1. The van der Waals surface area contributed by atoms with Crippen LogP contribution in [0.15, 0.2) is 18.2 Å². The summed E-state index contributed by atoms with van der Waals surface area (Å²) in [6.07, 6.45) is 4.76. The molecule has 5 nitrogen and oxygen atoms in total. The number of nitrogens with zero attached hydrogens (tertiary/aromatic N) is 3. The Morgan fingerprint density at radius 2 is 1.88 bits per heavy atom. The smallest absolute Gasteiger partial charge is 0.275 e. The Morgan fingerprint density at radius 1 is 1.17 bits per heavy atom. The van der Waals surface area contributed by atoms with Crippen molar-refractivity contribution < 1.29 is 4.79 Å². The van der Waals surface area contributed by atoms with Crippen molar-refractivity contribution in [3.05, 3.63) is 29.5 Å². The summed E-state index contributed by atoms with van der Waals surface area (Å²) in [6.45, 7) is 6.03. The molecule has 1 N–H and O–H groups in total. The Morgan fingerprint density at radius 3 is 2.58 bits per heavy atom. The highest BCUT2D eigenvalue weighted by atomic mass is 16.2. The number of hydrogen-bond acceptors (Lipinski definition) is 3. The Kier molecular flexibility index (Phi) is 3.83. The average Bonchev–Trinajstić information content (AvgIpc) is 2.92. The standard InChI is InChI=1S/C19H26N4O/c1-14-3-4-16-15(13-14)17(21-22(16)2)18(24)23-11-7-19(8-12-23)5-9-20-10-6-19/h3-4,13,20H,5-12H2,1-2H3. The van der Waals surface area contributed by atoms with E-state index in [2.05, 4.69) is 35.5 Å². The maximum absolute atomic E-state index is 13.0. The highest BCUT2D eigenvalue weighted by Crippen LogP contribution is 2.39. The van der Waals surface area contributed by atoms with E-state index in [4.69, 9.17) is 0 Å². The monoisotopic (exact) mass is 326 g/mol. The molecule has 2 saturated heterocycles. The minimum Gasteiger partial charge on any atom is -0.337 e. The third kappa shape index (κ3) is 2.61. The average molecular weight is 326 g/mol. The highest BCUT2D eigenvalue weighted by Gasteiger charge is 2.37. The Labute approximate surface area is 143 Å². The molecule has 5 heteroatoms. The fourth-order valence-electron chi connectivity index (χ4n) is 4.33. The Hall–Kier alpha value is -1.88. The number of carbonyl (C=O) groups is 1. The van der Waals surface area contributed by atoms with Crippen LogP contribution in [0.25, 0.3) is 10.9 Å². The van der Waals surface area contributed by atoms with Gasteiger partial charge in [0.05, 0.1) is 5.52 Å². The first kappa shape index (κ1) is 15.6. The van der Waals surface area contributed by atoms with Gasteiger partial charge in [-0.3, -0.25) is 9.48 Å². The minimum atomic E-state index is 0.0926. The van der Waals surface area contributed by atoms with Crippen molar-refractivity contribution >= 4 is 16.8 Å². The van der Waals surface area contributed by atoms with Gasteiger partial charge in [-0.05, 0) is 63.2 Å². The van der Waals surface area contributed by atoms with Gasteiger partial charge in [0.15, 0.2) is 5.69 Å². The zero-order valence-corrected chi connectivity index (χ0v) is 14.6. The van der Waals surface area contributed by atoms with E-state index in [1.165, 1.54) is 12.8 Å². The molecule has 0 aliphatic carbocycles. The molecule has 0 atom stereocenters. The van der Waals surface area contributed by atoms with Gasteiger partial charge in [0.2, 0.25) is 0 Å². The number of hydrogen-bond donors (Lipinski definition) is 1. The number of piperidine rings is 2. The van der Waals surface area contributed by atoms with Crippen molar-refractivity contribution in [1.82, 2.24) is 20.0 Å². The number of aromatic nitrogens is 2. The molecule has 2 fully saturated rings. The number of likely N-dealkylation sites (tertiary alicyclic amines) is 1. The summed E-state index contributed by atoms with van der Waals surface area (Å²) in [6, 6.07) is 6.20. The summed E-state index contributed by atoms with van der Waals surface area (Å²) in [5.74, 6) is 0.0926. The summed E-state index contributed by atoms with van der Waals surface area (Å²) in [7, 11) is 1.91. The molecule has 0 saturated carbocycles. The lowest BCUT2D eigenvalue weighted by atomic mass is 9.71. The summed E-state index contributed by atoms with van der Waals surface area (Å²) < 4.78 is 1.82. The molecule has 0 unspecified atom stereocenters. The number of aryl methyl sites for hydroxylation is 2. The first-order valence-corrected chi connectivity index (χ1v) is 9.01. The van der Waals surface area contributed by atoms with Crippen LogP contribution in [0.5, 0.6) is 0 Å². The normalized spacial score (nSPS) is 20.7. The van der Waals surface area contributed by atoms with E-state index in [1.54, 1.807) is 0 Å². The largest absolute Gasteiger partial charge is 0.337 e. The number of rotatable bonds is 1. The van der Waals surface area contributed by atoms with E-state index in [0.29, 0.717) is 11.1 Å². The zero-order valence-electron chi connectivity index (χ0n) is 14.6. The molecule has 1 spiro atoms. The van der Waals surface area contributed by atoms with Crippen LogP contribution in [0.3, 0.4) is 0 Å². The van der Waals surface area contributed by atoms with Gasteiger partial charge in [0.1, 0.15) is 0 Å². The second-order valence-electron chi connectivity index (χ2n) is 7.54. The predicted octanol–water partition coefficient (Wildman–Crippen LogP) is 2.49. The van der Waals surface area contributed by atoms with E-state index in [0.717, 1.165) is 55.5 Å². The minimum absolute atomic E-state index is 0.0926. The lowest BCUT2D eigenvalue weighted by Crippen LogP contribution is -2.47. The van der Waals surface area contributed by atoms with Crippen molar-refractivity contribution in [2.24, 2.45) is 12.5 Å². The van der Waals surface area contributed by atoms with Crippen LogP contribution in [-0.4, -0.2) is 46.8 Å².